The molecule has 2 rings (SSSR count). The molecule has 1 heterocycles. The maximum absolute atomic E-state index is 13.1. The van der Waals surface area contributed by atoms with Crippen molar-refractivity contribution in [3.8, 4) is 5.75 Å². The summed E-state index contributed by atoms with van der Waals surface area (Å²) in [5.74, 6) is -0.107. The van der Waals surface area contributed by atoms with Crippen LogP contribution in [0.3, 0.4) is 0 Å². The van der Waals surface area contributed by atoms with Gasteiger partial charge in [0.2, 0.25) is 0 Å². The number of amides is 1. The van der Waals surface area contributed by atoms with Gasteiger partial charge in [-0.1, -0.05) is 6.07 Å². The van der Waals surface area contributed by atoms with Gasteiger partial charge in [0.05, 0.1) is 12.2 Å². The zero-order valence-corrected chi connectivity index (χ0v) is 13.0. The van der Waals surface area contributed by atoms with E-state index in [0.717, 1.165) is 5.69 Å². The second-order valence-electron chi connectivity index (χ2n) is 5.08. The van der Waals surface area contributed by atoms with Crippen molar-refractivity contribution in [2.24, 2.45) is 0 Å². The number of hydrogen-bond donors (Lipinski definition) is 1. The lowest BCUT2D eigenvalue weighted by Crippen LogP contribution is -2.34. The van der Waals surface area contributed by atoms with Crippen molar-refractivity contribution in [1.29, 1.82) is 0 Å². The molecule has 1 N–H and O–H groups in total. The number of rotatable bonds is 6. The summed E-state index contributed by atoms with van der Waals surface area (Å²) in [6.07, 6.45) is -0.273. The summed E-state index contributed by atoms with van der Waals surface area (Å²) in [6, 6.07) is 7.67. The highest BCUT2D eigenvalue weighted by atomic mass is 19.1. The van der Waals surface area contributed by atoms with E-state index in [9.17, 15) is 9.18 Å². The van der Waals surface area contributed by atoms with Gasteiger partial charge in [-0.15, -0.1) is 0 Å². The van der Waals surface area contributed by atoms with Gasteiger partial charge < -0.3 is 10.1 Å². The Morgan fingerprint density at radius 2 is 2.23 bits per heavy atom. The molecule has 0 bridgehead atoms. The van der Waals surface area contributed by atoms with Gasteiger partial charge in [-0.2, -0.15) is 5.10 Å². The van der Waals surface area contributed by atoms with E-state index in [1.54, 1.807) is 22.9 Å². The molecule has 0 aliphatic heterocycles. The Hall–Kier alpha value is -2.37. The molecule has 22 heavy (non-hydrogen) atoms. The first-order valence-electron chi connectivity index (χ1n) is 7.24. The van der Waals surface area contributed by atoms with E-state index in [2.05, 4.69) is 10.4 Å². The average Bonchev–Trinajstić information content (AvgIpc) is 2.86. The summed E-state index contributed by atoms with van der Waals surface area (Å²) in [5, 5.41) is 7.04. The number of halogens is 1. The van der Waals surface area contributed by atoms with Crippen LogP contribution in [0.15, 0.2) is 30.3 Å². The normalized spacial score (nSPS) is 12.0. The second kappa shape index (κ2) is 7.06. The van der Waals surface area contributed by atoms with Crippen molar-refractivity contribution in [2.75, 3.05) is 6.54 Å². The number of nitrogens with zero attached hydrogens (tertiary/aromatic N) is 2. The van der Waals surface area contributed by atoms with Crippen molar-refractivity contribution < 1.29 is 13.9 Å². The first-order chi connectivity index (χ1) is 10.5. The molecule has 2 aromatic rings. The van der Waals surface area contributed by atoms with Crippen LogP contribution in [-0.2, 0) is 6.54 Å². The van der Waals surface area contributed by atoms with Crippen LogP contribution >= 0.6 is 0 Å². The first kappa shape index (κ1) is 16.0. The zero-order chi connectivity index (χ0) is 16.1. The number of hydrogen-bond acceptors (Lipinski definition) is 3. The van der Waals surface area contributed by atoms with E-state index < -0.39 is 0 Å². The molecule has 1 atom stereocenters. The number of benzene rings is 1. The summed E-state index contributed by atoms with van der Waals surface area (Å²) in [4.78, 5) is 12.2. The van der Waals surface area contributed by atoms with Gasteiger partial charge in [-0.3, -0.25) is 9.48 Å². The Kier molecular flexibility index (Phi) is 5.14. The van der Waals surface area contributed by atoms with Crippen LogP contribution < -0.4 is 10.1 Å². The van der Waals surface area contributed by atoms with Gasteiger partial charge in [0.15, 0.2) is 0 Å². The van der Waals surface area contributed by atoms with Crippen molar-refractivity contribution in [3.63, 3.8) is 0 Å². The van der Waals surface area contributed by atoms with E-state index in [0.29, 0.717) is 24.5 Å². The number of carbonyl (C=O) groups is 1. The van der Waals surface area contributed by atoms with E-state index in [1.165, 1.54) is 12.1 Å². The molecule has 0 radical (unpaired) electrons. The molecule has 0 unspecified atom stereocenters. The minimum atomic E-state index is -0.351. The molecule has 0 aliphatic carbocycles. The summed E-state index contributed by atoms with van der Waals surface area (Å²) in [7, 11) is 0. The van der Waals surface area contributed by atoms with Gasteiger partial charge in [-0.05, 0) is 39.0 Å². The summed E-state index contributed by atoms with van der Waals surface area (Å²) in [6.45, 7) is 6.54. The highest BCUT2D eigenvalue weighted by Crippen LogP contribution is 2.13. The van der Waals surface area contributed by atoms with Crippen LogP contribution in [0, 0.1) is 12.7 Å². The smallest absolute Gasteiger partial charge is 0.269 e. The average molecular weight is 305 g/mol. The number of ether oxygens (including phenoxy) is 1. The van der Waals surface area contributed by atoms with Gasteiger partial charge in [0.25, 0.3) is 5.91 Å². The molecule has 1 aromatic heterocycles. The molecule has 0 spiro atoms. The van der Waals surface area contributed by atoms with Crippen LogP contribution in [0.1, 0.15) is 30.0 Å². The van der Waals surface area contributed by atoms with Crippen molar-refractivity contribution in [3.05, 3.63) is 47.5 Å². The molecular weight excluding hydrogens is 285 g/mol. The molecule has 118 valence electrons. The molecule has 0 saturated carbocycles. The van der Waals surface area contributed by atoms with Crippen molar-refractivity contribution in [2.45, 2.75) is 33.4 Å². The van der Waals surface area contributed by atoms with E-state index in [1.807, 2.05) is 20.8 Å². The summed E-state index contributed by atoms with van der Waals surface area (Å²) >= 11 is 0. The Morgan fingerprint density at radius 1 is 1.45 bits per heavy atom. The molecule has 5 nitrogen and oxygen atoms in total. The fraction of sp³-hybridized carbons (Fsp3) is 0.375. The predicted octanol–water partition coefficient (Wildman–Crippen LogP) is 2.55. The van der Waals surface area contributed by atoms with E-state index in [-0.39, 0.29) is 17.8 Å². The van der Waals surface area contributed by atoms with Crippen LogP contribution in [-0.4, -0.2) is 28.3 Å². The molecule has 0 saturated heterocycles. The standard InChI is InChI=1S/C16H20FN3O2/c1-4-20-15(8-11(2)19-20)16(21)18-10-12(3)22-14-7-5-6-13(17)9-14/h5-9,12H,4,10H2,1-3H3,(H,18,21)/t12-/m1/s1. The Balaban J connectivity index is 1.90. The lowest BCUT2D eigenvalue weighted by molar-refractivity contribution is 0.0921. The summed E-state index contributed by atoms with van der Waals surface area (Å²) in [5.41, 5.74) is 1.33. The zero-order valence-electron chi connectivity index (χ0n) is 13.0. The maximum atomic E-state index is 13.1. The third-order valence-corrected chi connectivity index (χ3v) is 3.12. The van der Waals surface area contributed by atoms with Crippen molar-refractivity contribution in [1.82, 2.24) is 15.1 Å². The lowest BCUT2D eigenvalue weighted by Gasteiger charge is -2.15. The Morgan fingerprint density at radius 3 is 2.91 bits per heavy atom. The van der Waals surface area contributed by atoms with Crippen LogP contribution in [0.2, 0.25) is 0 Å². The lowest BCUT2D eigenvalue weighted by atomic mass is 10.3. The molecular formula is C16H20FN3O2. The third-order valence-electron chi connectivity index (χ3n) is 3.12. The van der Waals surface area contributed by atoms with Crippen molar-refractivity contribution >= 4 is 5.91 Å². The molecule has 0 fully saturated rings. The molecule has 1 aromatic carbocycles. The quantitative estimate of drug-likeness (QED) is 0.892. The van der Waals surface area contributed by atoms with Crippen LogP contribution in [0.4, 0.5) is 4.39 Å². The topological polar surface area (TPSA) is 56.2 Å². The largest absolute Gasteiger partial charge is 0.489 e. The predicted molar refractivity (Wildman–Crippen MR) is 81.5 cm³/mol. The second-order valence-corrected chi connectivity index (χ2v) is 5.08. The monoisotopic (exact) mass is 305 g/mol. The number of carbonyl (C=O) groups excluding carboxylic acids is 1. The number of nitrogens with one attached hydrogen (secondary N) is 1. The highest BCUT2D eigenvalue weighted by Gasteiger charge is 2.14. The fourth-order valence-electron chi connectivity index (χ4n) is 2.11. The Labute approximate surface area is 129 Å². The fourth-order valence-corrected chi connectivity index (χ4v) is 2.11. The van der Waals surface area contributed by atoms with Gasteiger partial charge >= 0.3 is 0 Å². The first-order valence-corrected chi connectivity index (χ1v) is 7.24. The van der Waals surface area contributed by atoms with Crippen LogP contribution in [0.5, 0.6) is 5.75 Å². The van der Waals surface area contributed by atoms with Gasteiger partial charge in [0, 0.05) is 12.6 Å². The highest BCUT2D eigenvalue weighted by molar-refractivity contribution is 5.92. The third kappa shape index (κ3) is 4.07. The SMILES string of the molecule is CCn1nc(C)cc1C(=O)NC[C@@H](C)Oc1cccc(F)c1. The maximum Gasteiger partial charge on any atom is 0.269 e. The minimum Gasteiger partial charge on any atom is -0.489 e. The van der Waals surface area contributed by atoms with Gasteiger partial charge in [0.1, 0.15) is 23.4 Å². The Bertz CT molecular complexity index is 655. The van der Waals surface area contributed by atoms with Gasteiger partial charge in [-0.25, -0.2) is 4.39 Å². The molecule has 6 heteroatoms. The minimum absolute atomic E-state index is 0.197. The van der Waals surface area contributed by atoms with Crippen LogP contribution in [0.25, 0.3) is 0 Å². The van der Waals surface area contributed by atoms with E-state index >= 15 is 0 Å². The summed E-state index contributed by atoms with van der Waals surface area (Å²) < 4.78 is 20.3. The number of aryl methyl sites for hydroxylation is 2. The number of aromatic nitrogens is 2. The van der Waals surface area contributed by atoms with E-state index in [4.69, 9.17) is 4.74 Å². The molecule has 1 amide bonds. The molecule has 0 aliphatic rings.